The van der Waals surface area contributed by atoms with Gasteiger partial charge in [0.05, 0.1) is 18.7 Å². The molecule has 1 N–H and O–H groups in total. The molecule has 5 nitrogen and oxygen atoms in total. The van der Waals surface area contributed by atoms with Crippen molar-refractivity contribution in [2.24, 2.45) is 5.92 Å². The summed E-state index contributed by atoms with van der Waals surface area (Å²) in [6.07, 6.45) is 0.217. The van der Waals surface area contributed by atoms with Crippen molar-refractivity contribution < 1.29 is 14.3 Å². The van der Waals surface area contributed by atoms with Crippen LogP contribution in [0.3, 0.4) is 0 Å². The van der Waals surface area contributed by atoms with Gasteiger partial charge in [-0.3, -0.25) is 9.59 Å². The summed E-state index contributed by atoms with van der Waals surface area (Å²) in [6, 6.07) is 13.3. The molecule has 1 saturated heterocycles. The van der Waals surface area contributed by atoms with E-state index in [4.69, 9.17) is 4.74 Å². The van der Waals surface area contributed by atoms with E-state index >= 15 is 0 Å². The number of hydrogen-bond donors (Lipinski definition) is 1. The van der Waals surface area contributed by atoms with Gasteiger partial charge < -0.3 is 15.0 Å². The number of carbonyl (C=O) groups excluding carboxylic acids is 2. The fourth-order valence-electron chi connectivity index (χ4n) is 3.14. The Kier molecular flexibility index (Phi) is 4.74. The SMILES string of the molecule is COc1ccc(C)cc1NC(=O)C1CC(=O)N(c2ccccc2C)C1. The van der Waals surface area contributed by atoms with Crippen molar-refractivity contribution >= 4 is 23.2 Å². The van der Waals surface area contributed by atoms with Crippen LogP contribution in [0.4, 0.5) is 11.4 Å². The summed E-state index contributed by atoms with van der Waals surface area (Å²) in [7, 11) is 1.57. The van der Waals surface area contributed by atoms with Crippen LogP contribution < -0.4 is 15.0 Å². The molecule has 2 aromatic rings. The predicted octanol–water partition coefficient (Wildman–Crippen LogP) is 3.30. The number of carbonyl (C=O) groups is 2. The van der Waals surface area contributed by atoms with E-state index in [1.54, 1.807) is 12.0 Å². The van der Waals surface area contributed by atoms with Crippen LogP contribution in [0.1, 0.15) is 17.5 Å². The Balaban J connectivity index is 1.75. The van der Waals surface area contributed by atoms with E-state index in [1.807, 2.05) is 56.3 Å². The minimum absolute atomic E-state index is 0.0225. The molecule has 1 aliphatic heterocycles. The van der Waals surface area contributed by atoms with Gasteiger partial charge >= 0.3 is 0 Å². The molecule has 1 unspecified atom stereocenters. The van der Waals surface area contributed by atoms with Crippen molar-refractivity contribution in [2.75, 3.05) is 23.9 Å². The maximum atomic E-state index is 12.7. The van der Waals surface area contributed by atoms with E-state index in [9.17, 15) is 9.59 Å². The van der Waals surface area contributed by atoms with Gasteiger partial charge in [-0.25, -0.2) is 0 Å². The number of nitrogens with zero attached hydrogens (tertiary/aromatic N) is 1. The number of benzene rings is 2. The summed E-state index contributed by atoms with van der Waals surface area (Å²) in [4.78, 5) is 26.8. The highest BCUT2D eigenvalue weighted by atomic mass is 16.5. The van der Waals surface area contributed by atoms with E-state index in [-0.39, 0.29) is 24.2 Å². The lowest BCUT2D eigenvalue weighted by atomic mass is 10.1. The number of methoxy groups -OCH3 is 1. The van der Waals surface area contributed by atoms with Crippen LogP contribution in [0.2, 0.25) is 0 Å². The van der Waals surface area contributed by atoms with Crippen LogP contribution in [0.15, 0.2) is 42.5 Å². The fourth-order valence-corrected chi connectivity index (χ4v) is 3.14. The molecule has 1 aliphatic rings. The average molecular weight is 338 g/mol. The molecule has 0 saturated carbocycles. The molecule has 3 rings (SSSR count). The Bertz CT molecular complexity index is 816. The van der Waals surface area contributed by atoms with Gasteiger partial charge in [0.25, 0.3) is 0 Å². The van der Waals surface area contributed by atoms with Crippen molar-refractivity contribution in [1.82, 2.24) is 0 Å². The molecule has 25 heavy (non-hydrogen) atoms. The van der Waals surface area contributed by atoms with Crippen LogP contribution in [-0.4, -0.2) is 25.5 Å². The average Bonchev–Trinajstić information content (AvgIpc) is 2.97. The van der Waals surface area contributed by atoms with Gasteiger partial charge in [0, 0.05) is 18.7 Å². The molecule has 0 aromatic heterocycles. The van der Waals surface area contributed by atoms with E-state index in [1.165, 1.54) is 0 Å². The summed E-state index contributed by atoms with van der Waals surface area (Å²) in [5, 5.41) is 2.91. The Morgan fingerprint density at radius 2 is 1.96 bits per heavy atom. The predicted molar refractivity (Wildman–Crippen MR) is 98.0 cm³/mol. The first-order valence-electron chi connectivity index (χ1n) is 8.31. The summed E-state index contributed by atoms with van der Waals surface area (Å²) in [5.74, 6) is 0.0512. The van der Waals surface area contributed by atoms with E-state index in [0.29, 0.717) is 18.0 Å². The zero-order valence-electron chi connectivity index (χ0n) is 14.7. The third-order valence-electron chi connectivity index (χ3n) is 4.51. The number of amides is 2. The highest BCUT2D eigenvalue weighted by Crippen LogP contribution is 2.30. The third-order valence-corrected chi connectivity index (χ3v) is 4.51. The van der Waals surface area contributed by atoms with E-state index < -0.39 is 0 Å². The summed E-state index contributed by atoms with van der Waals surface area (Å²) < 4.78 is 5.30. The molecule has 0 spiro atoms. The fraction of sp³-hybridized carbons (Fsp3) is 0.300. The molecule has 0 bridgehead atoms. The molecule has 0 radical (unpaired) electrons. The molecular weight excluding hydrogens is 316 g/mol. The Labute approximate surface area is 147 Å². The zero-order chi connectivity index (χ0) is 18.0. The molecule has 5 heteroatoms. The summed E-state index contributed by atoms with van der Waals surface area (Å²) in [5.41, 5.74) is 3.56. The second-order valence-electron chi connectivity index (χ2n) is 6.38. The van der Waals surface area contributed by atoms with E-state index in [2.05, 4.69) is 5.32 Å². The quantitative estimate of drug-likeness (QED) is 0.930. The monoisotopic (exact) mass is 338 g/mol. The van der Waals surface area contributed by atoms with Gasteiger partial charge in [-0.2, -0.15) is 0 Å². The van der Waals surface area contributed by atoms with Crippen LogP contribution in [0, 0.1) is 19.8 Å². The molecule has 1 fully saturated rings. The molecule has 1 atom stereocenters. The van der Waals surface area contributed by atoms with Crippen LogP contribution in [0.25, 0.3) is 0 Å². The maximum absolute atomic E-state index is 12.7. The normalized spacial score (nSPS) is 16.8. The van der Waals surface area contributed by atoms with Gasteiger partial charge in [-0.05, 0) is 43.2 Å². The minimum atomic E-state index is -0.377. The molecular formula is C20H22N2O3. The van der Waals surface area contributed by atoms with Gasteiger partial charge in [0.15, 0.2) is 0 Å². The smallest absolute Gasteiger partial charge is 0.229 e. The topological polar surface area (TPSA) is 58.6 Å². The Morgan fingerprint density at radius 3 is 2.68 bits per heavy atom. The molecule has 1 heterocycles. The van der Waals surface area contributed by atoms with Crippen molar-refractivity contribution in [2.45, 2.75) is 20.3 Å². The van der Waals surface area contributed by atoms with E-state index in [0.717, 1.165) is 16.8 Å². The number of ether oxygens (including phenoxy) is 1. The van der Waals surface area contributed by atoms with Crippen molar-refractivity contribution in [3.8, 4) is 5.75 Å². The standard InChI is InChI=1S/C20H22N2O3/c1-13-8-9-18(25-3)16(10-13)21-20(24)15-11-19(23)22(12-15)17-7-5-4-6-14(17)2/h4-10,15H,11-12H2,1-3H3,(H,21,24). The molecule has 2 aromatic carbocycles. The summed E-state index contributed by atoms with van der Waals surface area (Å²) in [6.45, 7) is 4.31. The zero-order valence-corrected chi connectivity index (χ0v) is 14.7. The first-order chi connectivity index (χ1) is 12.0. The number of rotatable bonds is 4. The lowest BCUT2D eigenvalue weighted by molar-refractivity contribution is -0.122. The van der Waals surface area contributed by atoms with Gasteiger partial charge in [-0.1, -0.05) is 24.3 Å². The Morgan fingerprint density at radius 1 is 1.20 bits per heavy atom. The first-order valence-corrected chi connectivity index (χ1v) is 8.31. The van der Waals surface area contributed by atoms with Crippen LogP contribution >= 0.6 is 0 Å². The van der Waals surface area contributed by atoms with Gasteiger partial charge in [0.2, 0.25) is 11.8 Å². The molecule has 0 aliphatic carbocycles. The minimum Gasteiger partial charge on any atom is -0.495 e. The maximum Gasteiger partial charge on any atom is 0.229 e. The number of para-hydroxylation sites is 1. The van der Waals surface area contributed by atoms with Crippen molar-refractivity contribution in [3.63, 3.8) is 0 Å². The van der Waals surface area contributed by atoms with Crippen molar-refractivity contribution in [3.05, 3.63) is 53.6 Å². The third kappa shape index (κ3) is 3.50. The van der Waals surface area contributed by atoms with Crippen molar-refractivity contribution in [1.29, 1.82) is 0 Å². The summed E-state index contributed by atoms with van der Waals surface area (Å²) >= 11 is 0. The second kappa shape index (κ2) is 6.97. The first kappa shape index (κ1) is 17.0. The number of anilines is 2. The molecule has 130 valence electrons. The van der Waals surface area contributed by atoms with Crippen LogP contribution in [0.5, 0.6) is 5.75 Å². The lowest BCUT2D eigenvalue weighted by Gasteiger charge is -2.19. The number of nitrogens with one attached hydrogen (secondary N) is 1. The van der Waals surface area contributed by atoms with Gasteiger partial charge in [0.1, 0.15) is 5.75 Å². The Hall–Kier alpha value is -2.82. The largest absolute Gasteiger partial charge is 0.495 e. The lowest BCUT2D eigenvalue weighted by Crippen LogP contribution is -2.28. The van der Waals surface area contributed by atoms with Gasteiger partial charge in [-0.15, -0.1) is 0 Å². The number of hydrogen-bond acceptors (Lipinski definition) is 3. The highest BCUT2D eigenvalue weighted by molar-refractivity contribution is 6.04. The highest BCUT2D eigenvalue weighted by Gasteiger charge is 2.35. The van der Waals surface area contributed by atoms with Crippen LogP contribution in [-0.2, 0) is 9.59 Å². The molecule has 2 amide bonds. The number of aryl methyl sites for hydroxylation is 2. The second-order valence-corrected chi connectivity index (χ2v) is 6.38.